The summed E-state index contributed by atoms with van der Waals surface area (Å²) >= 11 is 3.28. The summed E-state index contributed by atoms with van der Waals surface area (Å²) in [5.41, 5.74) is 0.425. The summed E-state index contributed by atoms with van der Waals surface area (Å²) in [5.74, 6) is -0.510. The van der Waals surface area contributed by atoms with Crippen LogP contribution >= 0.6 is 0 Å². The molecule has 0 aliphatic heterocycles. The Morgan fingerprint density at radius 3 is 1.91 bits per heavy atom. The predicted molar refractivity (Wildman–Crippen MR) is 89.5 cm³/mol. The Hall–Kier alpha value is -1.96. The van der Waals surface area contributed by atoms with Crippen LogP contribution in [0.4, 0.5) is 4.79 Å². The van der Waals surface area contributed by atoms with Gasteiger partial charge in [-0.15, -0.1) is 0 Å². The maximum absolute atomic E-state index is 11.6. The van der Waals surface area contributed by atoms with Gasteiger partial charge in [-0.3, -0.25) is 0 Å². The van der Waals surface area contributed by atoms with Crippen molar-refractivity contribution in [1.29, 1.82) is 0 Å². The van der Waals surface area contributed by atoms with E-state index in [1.807, 2.05) is 0 Å². The number of esters is 2. The van der Waals surface area contributed by atoms with Gasteiger partial charge >= 0.3 is 18.0 Å². The van der Waals surface area contributed by atoms with Gasteiger partial charge in [-0.25, -0.2) is 14.4 Å². The number of hydrogen-bond donors (Lipinski definition) is 1. The molecular weight excluding hydrogens is 322 g/mol. The average molecular weight is 346 g/mol. The highest BCUT2D eigenvalue weighted by molar-refractivity contribution is 7.58. The van der Waals surface area contributed by atoms with Gasteiger partial charge in [0.15, 0.2) is 6.10 Å². The molecule has 8 heteroatoms. The average Bonchev–Trinajstić information content (AvgIpc) is 2.49. The fraction of sp³-hybridized carbons (Fsp3) is 0.533. The molecule has 0 heterocycles. The Bertz CT molecular complexity index is 433. The van der Waals surface area contributed by atoms with Crippen LogP contribution in [0.3, 0.4) is 0 Å². The standard InChI is InChI=1S/C15H23NO6S/c1-10(2)13(17)20-8-12(9-21-14(18)11(3)4)22-15(19)16-6-5-7-23/h12,23H,1,3,5-9H2,2,4H3,(H,16,19)/p+1. The van der Waals surface area contributed by atoms with E-state index in [-0.39, 0.29) is 24.4 Å². The first-order valence-electron chi connectivity index (χ1n) is 7.02. The molecule has 130 valence electrons. The summed E-state index contributed by atoms with van der Waals surface area (Å²) in [6, 6.07) is 0. The lowest BCUT2D eigenvalue weighted by molar-refractivity contribution is -0.147. The van der Waals surface area contributed by atoms with Gasteiger partial charge in [-0.2, -0.15) is 0 Å². The molecule has 0 aromatic heterocycles. The zero-order valence-electron chi connectivity index (χ0n) is 13.5. The van der Waals surface area contributed by atoms with Crippen LogP contribution in [-0.4, -0.2) is 49.6 Å². The lowest BCUT2D eigenvalue weighted by Crippen LogP contribution is -2.36. The van der Waals surface area contributed by atoms with Crippen LogP contribution in [-0.2, 0) is 36.4 Å². The molecule has 0 fully saturated rings. The second kappa shape index (κ2) is 11.6. The third kappa shape index (κ3) is 10.4. The normalized spacial score (nSPS) is 9.91. The molecule has 0 aromatic rings. The van der Waals surface area contributed by atoms with Gasteiger partial charge in [0.2, 0.25) is 0 Å². The van der Waals surface area contributed by atoms with Gasteiger partial charge in [-0.1, -0.05) is 13.2 Å². The highest BCUT2D eigenvalue weighted by Gasteiger charge is 2.19. The molecule has 0 saturated heterocycles. The van der Waals surface area contributed by atoms with E-state index in [4.69, 9.17) is 14.2 Å². The van der Waals surface area contributed by atoms with E-state index in [0.29, 0.717) is 6.54 Å². The van der Waals surface area contributed by atoms with E-state index in [1.165, 1.54) is 13.8 Å². The van der Waals surface area contributed by atoms with Crippen molar-refractivity contribution in [2.45, 2.75) is 26.4 Å². The van der Waals surface area contributed by atoms with Crippen molar-refractivity contribution in [3.63, 3.8) is 0 Å². The SMILES string of the molecule is C=C(C)C(=O)OCC(COC(=O)C(=C)C)OC(=O)NCCC[SH2+]. The minimum absolute atomic E-state index is 0.212. The summed E-state index contributed by atoms with van der Waals surface area (Å²) in [7, 11) is 0. The van der Waals surface area contributed by atoms with Crippen molar-refractivity contribution in [3.05, 3.63) is 24.3 Å². The highest BCUT2D eigenvalue weighted by atomic mass is 32.1. The molecule has 0 spiro atoms. The Morgan fingerprint density at radius 2 is 1.52 bits per heavy atom. The number of hydrogen-bond acceptors (Lipinski definition) is 6. The Morgan fingerprint density at radius 1 is 1.04 bits per heavy atom. The molecule has 0 saturated carbocycles. The van der Waals surface area contributed by atoms with Crippen molar-refractivity contribution in [2.24, 2.45) is 0 Å². The van der Waals surface area contributed by atoms with Gasteiger partial charge in [-0.05, 0) is 26.5 Å². The fourth-order valence-corrected chi connectivity index (χ4v) is 1.35. The van der Waals surface area contributed by atoms with Gasteiger partial charge in [0.25, 0.3) is 0 Å². The van der Waals surface area contributed by atoms with Crippen molar-refractivity contribution < 1.29 is 28.6 Å². The molecule has 0 radical (unpaired) electrons. The number of carbonyl (C=O) groups is 3. The van der Waals surface area contributed by atoms with Crippen LogP contribution in [0.15, 0.2) is 24.3 Å². The second-order valence-corrected chi connectivity index (χ2v) is 5.32. The van der Waals surface area contributed by atoms with Crippen molar-refractivity contribution in [2.75, 3.05) is 25.5 Å². The first-order valence-corrected chi connectivity index (χ1v) is 7.73. The highest BCUT2D eigenvalue weighted by Crippen LogP contribution is 2.02. The molecular formula is C15H24NO6S+. The largest absolute Gasteiger partial charge is 0.458 e. The van der Waals surface area contributed by atoms with Gasteiger partial charge in [0.1, 0.15) is 19.0 Å². The predicted octanol–water partition coefficient (Wildman–Crippen LogP) is 0.721. The molecule has 0 unspecified atom stereocenters. The molecule has 1 amide bonds. The van der Waals surface area contributed by atoms with Crippen LogP contribution in [0.1, 0.15) is 20.3 Å². The lowest BCUT2D eigenvalue weighted by atomic mass is 10.3. The van der Waals surface area contributed by atoms with E-state index in [0.717, 1.165) is 12.2 Å². The van der Waals surface area contributed by atoms with E-state index < -0.39 is 24.1 Å². The molecule has 0 aliphatic carbocycles. The Balaban J connectivity index is 4.49. The molecule has 23 heavy (non-hydrogen) atoms. The maximum atomic E-state index is 11.6. The quantitative estimate of drug-likeness (QED) is 0.206. The lowest BCUT2D eigenvalue weighted by Gasteiger charge is -2.18. The first-order chi connectivity index (χ1) is 10.8. The Kier molecular flexibility index (Phi) is 10.6. The summed E-state index contributed by atoms with van der Waals surface area (Å²) < 4.78 is 14.9. The van der Waals surface area contributed by atoms with Crippen molar-refractivity contribution >= 4 is 30.7 Å². The van der Waals surface area contributed by atoms with E-state index >= 15 is 0 Å². The fourth-order valence-electron chi connectivity index (χ4n) is 1.17. The zero-order valence-corrected chi connectivity index (χ0v) is 14.5. The van der Waals surface area contributed by atoms with Crippen molar-refractivity contribution in [1.82, 2.24) is 5.32 Å². The summed E-state index contributed by atoms with van der Waals surface area (Å²) in [5, 5.41) is 2.53. The van der Waals surface area contributed by atoms with Crippen LogP contribution < -0.4 is 5.32 Å². The van der Waals surface area contributed by atoms with E-state index in [1.54, 1.807) is 0 Å². The monoisotopic (exact) mass is 346 g/mol. The van der Waals surface area contributed by atoms with Gasteiger partial charge in [0.05, 0.1) is 0 Å². The minimum Gasteiger partial charge on any atom is -0.458 e. The Labute approximate surface area is 141 Å². The molecule has 1 N–H and O–H groups in total. The molecule has 0 aliphatic rings. The van der Waals surface area contributed by atoms with Crippen LogP contribution in [0, 0.1) is 0 Å². The smallest absolute Gasteiger partial charge is 0.407 e. The number of rotatable bonds is 10. The molecule has 0 aromatic carbocycles. The molecule has 0 atom stereocenters. The van der Waals surface area contributed by atoms with Crippen LogP contribution in [0.2, 0.25) is 0 Å². The molecule has 0 bridgehead atoms. The number of alkyl carbamates (subject to hydrolysis) is 1. The van der Waals surface area contributed by atoms with E-state index in [2.05, 4.69) is 31.1 Å². The second-order valence-electron chi connectivity index (χ2n) is 4.82. The number of carbonyl (C=O) groups excluding carboxylic acids is 3. The number of nitrogens with one attached hydrogen (secondary N) is 1. The third-order valence-corrected chi connectivity index (χ3v) is 2.75. The summed E-state index contributed by atoms with van der Waals surface area (Å²) in [4.78, 5) is 34.4. The van der Waals surface area contributed by atoms with Gasteiger partial charge in [0, 0.05) is 24.1 Å². The third-order valence-electron chi connectivity index (χ3n) is 2.39. The summed E-state index contributed by atoms with van der Waals surface area (Å²) in [6.07, 6.45) is -0.885. The molecule has 7 nitrogen and oxygen atoms in total. The first kappa shape index (κ1) is 21.0. The number of ether oxygens (including phenoxy) is 3. The maximum Gasteiger partial charge on any atom is 0.407 e. The summed E-state index contributed by atoms with van der Waals surface area (Å²) in [6.45, 7) is 9.80. The van der Waals surface area contributed by atoms with Gasteiger partial charge < -0.3 is 19.5 Å². The van der Waals surface area contributed by atoms with Crippen molar-refractivity contribution in [3.8, 4) is 0 Å². The van der Waals surface area contributed by atoms with Crippen LogP contribution in [0.5, 0.6) is 0 Å². The number of amides is 1. The zero-order chi connectivity index (χ0) is 17.8. The van der Waals surface area contributed by atoms with Crippen LogP contribution in [0.25, 0.3) is 0 Å². The minimum atomic E-state index is -0.926. The topological polar surface area (TPSA) is 90.9 Å². The van der Waals surface area contributed by atoms with E-state index in [9.17, 15) is 14.4 Å². The molecule has 0 rings (SSSR count).